The molecule has 0 radical (unpaired) electrons. The predicted molar refractivity (Wildman–Crippen MR) is 105 cm³/mol. The first-order valence-corrected chi connectivity index (χ1v) is 9.33. The number of unbranched alkanes of at least 4 members (excludes halogenated alkanes) is 1. The molecule has 0 atom stereocenters. The molecule has 1 aromatic rings. The van der Waals surface area contributed by atoms with E-state index in [9.17, 15) is 4.79 Å². The molecule has 0 unspecified atom stereocenters. The summed E-state index contributed by atoms with van der Waals surface area (Å²) in [6.45, 7) is 12.4. The minimum Gasteiger partial charge on any atom is -0.468 e. The SMILES string of the molecule is CCCCC(OC)(OC)c1cc(C(C)(C)C)cc(C(C)(C)C(=O)OC)c1. The molecule has 26 heavy (non-hydrogen) atoms. The molecule has 0 amide bonds. The fraction of sp³-hybridized carbons (Fsp3) is 0.682. The van der Waals surface area contributed by atoms with Gasteiger partial charge in [0.05, 0.1) is 12.5 Å². The first kappa shape index (κ1) is 22.7. The Kier molecular flexibility index (Phi) is 7.43. The number of benzene rings is 1. The summed E-state index contributed by atoms with van der Waals surface area (Å²) in [4.78, 5) is 12.4. The fourth-order valence-electron chi connectivity index (χ4n) is 3.09. The van der Waals surface area contributed by atoms with Gasteiger partial charge in [0, 0.05) is 26.2 Å². The van der Waals surface area contributed by atoms with Crippen LogP contribution in [-0.4, -0.2) is 27.3 Å². The Morgan fingerprint density at radius 1 is 0.885 bits per heavy atom. The minimum absolute atomic E-state index is 0.0745. The molecule has 148 valence electrons. The Balaban J connectivity index is 3.67. The minimum atomic E-state index is -0.821. The van der Waals surface area contributed by atoms with Crippen molar-refractivity contribution in [3.8, 4) is 0 Å². The molecule has 0 aliphatic rings. The van der Waals surface area contributed by atoms with Crippen LogP contribution < -0.4 is 0 Å². The molecule has 4 nitrogen and oxygen atoms in total. The Hall–Kier alpha value is -1.39. The maximum atomic E-state index is 12.4. The van der Waals surface area contributed by atoms with Crippen LogP contribution in [0.3, 0.4) is 0 Å². The normalized spacial score (nSPS) is 13.0. The Labute approximate surface area is 159 Å². The predicted octanol–water partition coefficient (Wildman–Crippen LogP) is 5.07. The van der Waals surface area contributed by atoms with Crippen LogP contribution in [0.1, 0.15) is 77.5 Å². The molecule has 0 N–H and O–H groups in total. The van der Waals surface area contributed by atoms with Gasteiger partial charge in [0.25, 0.3) is 0 Å². The Morgan fingerprint density at radius 3 is 1.81 bits per heavy atom. The lowest BCUT2D eigenvalue weighted by atomic mass is 9.77. The summed E-state index contributed by atoms with van der Waals surface area (Å²) < 4.78 is 16.8. The Morgan fingerprint density at radius 2 is 1.38 bits per heavy atom. The van der Waals surface area contributed by atoms with Gasteiger partial charge in [-0.2, -0.15) is 0 Å². The molecule has 0 fully saturated rings. The zero-order chi connectivity index (χ0) is 20.2. The van der Waals surface area contributed by atoms with Crippen LogP contribution in [0.5, 0.6) is 0 Å². The van der Waals surface area contributed by atoms with Crippen molar-refractivity contribution in [1.82, 2.24) is 0 Å². The number of carbonyl (C=O) groups excluding carboxylic acids is 1. The van der Waals surface area contributed by atoms with Crippen molar-refractivity contribution >= 4 is 5.97 Å². The van der Waals surface area contributed by atoms with Crippen LogP contribution in [0.2, 0.25) is 0 Å². The van der Waals surface area contributed by atoms with Crippen molar-refractivity contribution in [3.63, 3.8) is 0 Å². The zero-order valence-corrected chi connectivity index (χ0v) is 18.0. The third kappa shape index (κ3) is 4.66. The van der Waals surface area contributed by atoms with E-state index in [4.69, 9.17) is 14.2 Å². The number of ether oxygens (including phenoxy) is 3. The van der Waals surface area contributed by atoms with Crippen LogP contribution in [0, 0.1) is 0 Å². The number of esters is 1. The Bertz CT molecular complexity index is 607. The summed E-state index contributed by atoms with van der Waals surface area (Å²) in [6.07, 6.45) is 2.79. The van der Waals surface area contributed by atoms with E-state index in [0.29, 0.717) is 0 Å². The molecule has 0 aliphatic carbocycles. The van der Waals surface area contributed by atoms with Gasteiger partial charge in [0.2, 0.25) is 0 Å². The van der Waals surface area contributed by atoms with E-state index in [1.807, 2.05) is 19.9 Å². The van der Waals surface area contributed by atoms with Crippen LogP contribution in [0.25, 0.3) is 0 Å². The van der Waals surface area contributed by atoms with Crippen molar-refractivity contribution in [1.29, 1.82) is 0 Å². The van der Waals surface area contributed by atoms with Gasteiger partial charge in [0.15, 0.2) is 5.79 Å². The second-order valence-electron chi connectivity index (χ2n) is 8.43. The van der Waals surface area contributed by atoms with Crippen LogP contribution in [0.4, 0.5) is 0 Å². The number of hydrogen-bond acceptors (Lipinski definition) is 4. The lowest BCUT2D eigenvalue weighted by Gasteiger charge is -2.35. The van der Waals surface area contributed by atoms with Gasteiger partial charge >= 0.3 is 5.97 Å². The number of methoxy groups -OCH3 is 3. The van der Waals surface area contributed by atoms with Crippen molar-refractivity contribution in [2.75, 3.05) is 21.3 Å². The van der Waals surface area contributed by atoms with Crippen LogP contribution >= 0.6 is 0 Å². The monoisotopic (exact) mass is 364 g/mol. The first-order valence-electron chi connectivity index (χ1n) is 9.33. The van der Waals surface area contributed by atoms with Crippen molar-refractivity contribution in [2.24, 2.45) is 0 Å². The quantitative estimate of drug-likeness (QED) is 0.477. The van der Waals surface area contributed by atoms with Crippen molar-refractivity contribution in [2.45, 2.75) is 77.4 Å². The second kappa shape index (κ2) is 8.53. The topological polar surface area (TPSA) is 44.8 Å². The van der Waals surface area contributed by atoms with E-state index in [0.717, 1.165) is 36.0 Å². The molecule has 1 aromatic carbocycles. The fourth-order valence-corrected chi connectivity index (χ4v) is 3.09. The molecule has 1 rings (SSSR count). The highest BCUT2D eigenvalue weighted by Gasteiger charge is 2.37. The molecule has 0 spiro atoms. The highest BCUT2D eigenvalue weighted by atomic mass is 16.7. The van der Waals surface area contributed by atoms with E-state index in [-0.39, 0.29) is 11.4 Å². The molecule has 0 saturated carbocycles. The summed E-state index contributed by atoms with van der Waals surface area (Å²) in [5.74, 6) is -1.08. The van der Waals surface area contributed by atoms with Crippen LogP contribution in [-0.2, 0) is 35.6 Å². The van der Waals surface area contributed by atoms with E-state index >= 15 is 0 Å². The van der Waals surface area contributed by atoms with Gasteiger partial charge in [-0.3, -0.25) is 4.79 Å². The summed E-state index contributed by atoms with van der Waals surface area (Å²) in [5.41, 5.74) is 2.14. The lowest BCUT2D eigenvalue weighted by Crippen LogP contribution is -2.34. The second-order valence-corrected chi connectivity index (χ2v) is 8.43. The van der Waals surface area contributed by atoms with E-state index in [2.05, 4.69) is 39.8 Å². The van der Waals surface area contributed by atoms with Gasteiger partial charge in [-0.15, -0.1) is 0 Å². The van der Waals surface area contributed by atoms with Gasteiger partial charge in [-0.1, -0.05) is 40.2 Å². The summed E-state index contributed by atoms with van der Waals surface area (Å²) in [7, 11) is 4.77. The van der Waals surface area contributed by atoms with Crippen molar-refractivity contribution < 1.29 is 19.0 Å². The highest BCUT2D eigenvalue weighted by Crippen LogP contribution is 2.38. The molecule has 4 heteroatoms. The average Bonchev–Trinajstić information content (AvgIpc) is 2.61. The van der Waals surface area contributed by atoms with Gasteiger partial charge in [-0.05, 0) is 48.9 Å². The molecule has 0 aromatic heterocycles. The number of hydrogen-bond donors (Lipinski definition) is 0. The van der Waals surface area contributed by atoms with Crippen LogP contribution in [0.15, 0.2) is 18.2 Å². The smallest absolute Gasteiger partial charge is 0.315 e. The maximum Gasteiger partial charge on any atom is 0.315 e. The standard InChI is InChI=1S/C22H36O4/c1-10-11-12-22(25-8,26-9)18-14-16(20(2,3)4)13-17(15-18)21(5,6)19(23)24-7/h13-15H,10-12H2,1-9H3. The third-order valence-electron chi connectivity index (χ3n) is 5.18. The maximum absolute atomic E-state index is 12.4. The number of rotatable bonds is 8. The lowest BCUT2D eigenvalue weighted by molar-refractivity contribution is -0.221. The van der Waals surface area contributed by atoms with Gasteiger partial charge in [0.1, 0.15) is 0 Å². The third-order valence-corrected chi connectivity index (χ3v) is 5.18. The molecule has 0 aliphatic heterocycles. The van der Waals surface area contributed by atoms with Gasteiger partial charge in [-0.25, -0.2) is 0 Å². The van der Waals surface area contributed by atoms with E-state index < -0.39 is 11.2 Å². The summed E-state index contributed by atoms with van der Waals surface area (Å²) in [6, 6.07) is 6.25. The van der Waals surface area contributed by atoms with Gasteiger partial charge < -0.3 is 14.2 Å². The summed E-state index contributed by atoms with van der Waals surface area (Å²) >= 11 is 0. The molecule has 0 saturated heterocycles. The molecular formula is C22H36O4. The van der Waals surface area contributed by atoms with E-state index in [1.54, 1.807) is 14.2 Å². The molecular weight excluding hydrogens is 328 g/mol. The van der Waals surface area contributed by atoms with E-state index in [1.165, 1.54) is 7.11 Å². The zero-order valence-electron chi connectivity index (χ0n) is 18.0. The first-order chi connectivity index (χ1) is 12.0. The molecule has 0 bridgehead atoms. The average molecular weight is 365 g/mol. The number of carbonyl (C=O) groups is 1. The summed E-state index contributed by atoms with van der Waals surface area (Å²) in [5, 5.41) is 0. The van der Waals surface area contributed by atoms with Crippen molar-refractivity contribution in [3.05, 3.63) is 34.9 Å². The largest absolute Gasteiger partial charge is 0.468 e. The highest BCUT2D eigenvalue weighted by molar-refractivity contribution is 5.82. The molecule has 0 heterocycles.